The van der Waals surface area contributed by atoms with Gasteiger partial charge in [-0.25, -0.2) is 0 Å². The molecule has 0 unspecified atom stereocenters. The lowest BCUT2D eigenvalue weighted by molar-refractivity contribution is -0.635. The first kappa shape index (κ1) is 12.4. The average Bonchev–Trinajstić information content (AvgIpc) is 2.61. The molecular formula is C10H21NO2. The lowest BCUT2D eigenvalue weighted by Gasteiger charge is -1.97. The number of hydrogen-bond acceptors (Lipinski definition) is 2. The lowest BCUT2D eigenvalue weighted by atomic mass is 10.2. The standard InChI is InChI=1S/C6H12O2.C4H9N/c1-2-3-4-5-6(7)8;1-2-4-5-3-1/h2-5H2,1H3,(H,7,8);5H,1-4H2. The summed E-state index contributed by atoms with van der Waals surface area (Å²) in [5.41, 5.74) is 0. The summed E-state index contributed by atoms with van der Waals surface area (Å²) in [6.07, 6.45) is 5.92. The van der Waals surface area contributed by atoms with Crippen LogP contribution in [0.3, 0.4) is 0 Å². The zero-order valence-corrected chi connectivity index (χ0v) is 8.55. The molecule has 0 atom stereocenters. The van der Waals surface area contributed by atoms with Crippen LogP contribution in [-0.2, 0) is 4.79 Å². The average molecular weight is 187 g/mol. The van der Waals surface area contributed by atoms with Gasteiger partial charge in [0.2, 0.25) is 0 Å². The Kier molecular flexibility index (Phi) is 9.10. The number of carbonyl (C=O) groups excluding carboxylic acids is 1. The van der Waals surface area contributed by atoms with E-state index in [1.54, 1.807) is 0 Å². The first-order valence-electron chi connectivity index (χ1n) is 5.29. The highest BCUT2D eigenvalue weighted by Gasteiger charge is 1.97. The molecule has 3 nitrogen and oxygen atoms in total. The fraction of sp³-hybridized carbons (Fsp3) is 0.900. The van der Waals surface area contributed by atoms with Crippen molar-refractivity contribution in [2.75, 3.05) is 13.1 Å². The van der Waals surface area contributed by atoms with E-state index >= 15 is 0 Å². The number of unbranched alkanes of at least 4 members (excludes halogenated alkanes) is 2. The molecule has 1 heterocycles. The predicted molar refractivity (Wildman–Crippen MR) is 50.0 cm³/mol. The van der Waals surface area contributed by atoms with Gasteiger partial charge < -0.3 is 15.2 Å². The number of quaternary nitrogens is 1. The SMILES string of the molecule is C1CC[NH2+]C1.CCCCCC(=O)[O-]. The third kappa shape index (κ3) is 11.4. The van der Waals surface area contributed by atoms with E-state index in [1.807, 2.05) is 6.92 Å². The van der Waals surface area contributed by atoms with E-state index in [2.05, 4.69) is 5.32 Å². The van der Waals surface area contributed by atoms with Crippen LogP contribution < -0.4 is 10.4 Å². The Morgan fingerprint density at radius 1 is 1.31 bits per heavy atom. The molecule has 1 aliphatic heterocycles. The maximum Gasteiger partial charge on any atom is 0.0757 e. The maximum atomic E-state index is 9.76. The van der Waals surface area contributed by atoms with E-state index < -0.39 is 5.97 Å². The molecule has 0 aromatic carbocycles. The zero-order chi connectivity index (χ0) is 9.94. The van der Waals surface area contributed by atoms with Gasteiger partial charge in [-0.2, -0.15) is 0 Å². The third-order valence-corrected chi connectivity index (χ3v) is 2.05. The predicted octanol–water partition coefficient (Wildman–Crippen LogP) is -0.340. The van der Waals surface area contributed by atoms with Gasteiger partial charge in [-0.05, 0) is 12.8 Å². The minimum Gasteiger partial charge on any atom is -0.550 e. The van der Waals surface area contributed by atoms with Gasteiger partial charge >= 0.3 is 0 Å². The third-order valence-electron chi connectivity index (χ3n) is 2.05. The Labute approximate surface area is 80.5 Å². The minimum absolute atomic E-state index is 0.216. The second kappa shape index (κ2) is 9.52. The van der Waals surface area contributed by atoms with Gasteiger partial charge in [0, 0.05) is 18.8 Å². The van der Waals surface area contributed by atoms with Crippen LogP contribution in [-0.4, -0.2) is 19.1 Å². The summed E-state index contributed by atoms with van der Waals surface area (Å²) in [6, 6.07) is 0. The van der Waals surface area contributed by atoms with E-state index in [4.69, 9.17) is 0 Å². The number of nitrogens with two attached hydrogens (primary N) is 1. The molecule has 0 spiro atoms. The van der Waals surface area contributed by atoms with Crippen molar-refractivity contribution in [3.05, 3.63) is 0 Å². The van der Waals surface area contributed by atoms with Crippen LogP contribution in [0.15, 0.2) is 0 Å². The number of aliphatic carboxylic acids is 1. The quantitative estimate of drug-likeness (QED) is 0.612. The normalized spacial score (nSPS) is 14.8. The van der Waals surface area contributed by atoms with Gasteiger partial charge in [-0.1, -0.05) is 19.8 Å². The van der Waals surface area contributed by atoms with Crippen LogP contribution in [0.2, 0.25) is 0 Å². The second-order valence-electron chi connectivity index (χ2n) is 3.40. The van der Waals surface area contributed by atoms with Crippen molar-refractivity contribution in [3.8, 4) is 0 Å². The molecule has 78 valence electrons. The van der Waals surface area contributed by atoms with E-state index in [9.17, 15) is 9.90 Å². The molecule has 1 rings (SSSR count). The summed E-state index contributed by atoms with van der Waals surface area (Å²) < 4.78 is 0. The van der Waals surface area contributed by atoms with Gasteiger partial charge in [0.1, 0.15) is 0 Å². The Morgan fingerprint density at radius 2 is 1.92 bits per heavy atom. The first-order chi connectivity index (χ1) is 6.27. The summed E-state index contributed by atoms with van der Waals surface area (Å²) in [7, 11) is 0. The maximum absolute atomic E-state index is 9.76. The smallest absolute Gasteiger partial charge is 0.0757 e. The van der Waals surface area contributed by atoms with Gasteiger partial charge in [-0.15, -0.1) is 0 Å². The minimum atomic E-state index is -0.932. The Morgan fingerprint density at radius 3 is 2.23 bits per heavy atom. The molecule has 0 aromatic heterocycles. The van der Waals surface area contributed by atoms with Crippen molar-refractivity contribution in [2.45, 2.75) is 45.4 Å². The van der Waals surface area contributed by atoms with Crippen molar-refractivity contribution in [2.24, 2.45) is 0 Å². The van der Waals surface area contributed by atoms with E-state index in [0.29, 0.717) is 0 Å². The van der Waals surface area contributed by atoms with E-state index in [0.717, 1.165) is 19.3 Å². The van der Waals surface area contributed by atoms with Crippen LogP contribution in [0.4, 0.5) is 0 Å². The molecule has 2 N–H and O–H groups in total. The molecule has 0 saturated carbocycles. The second-order valence-corrected chi connectivity index (χ2v) is 3.40. The number of carboxylic acid groups (broad SMARTS) is 1. The highest BCUT2D eigenvalue weighted by molar-refractivity contribution is 5.63. The molecule has 0 bridgehead atoms. The van der Waals surface area contributed by atoms with Crippen LogP contribution in [0.1, 0.15) is 45.4 Å². The molecule has 1 aliphatic rings. The number of carboxylic acids is 1. The summed E-state index contributed by atoms with van der Waals surface area (Å²) in [6.45, 7) is 4.79. The number of hydrogen-bond donors (Lipinski definition) is 1. The molecule has 13 heavy (non-hydrogen) atoms. The van der Waals surface area contributed by atoms with Gasteiger partial charge in [0.05, 0.1) is 13.1 Å². The highest BCUT2D eigenvalue weighted by atomic mass is 16.4. The molecule has 1 saturated heterocycles. The van der Waals surface area contributed by atoms with Gasteiger partial charge in [0.25, 0.3) is 0 Å². The lowest BCUT2D eigenvalue weighted by Crippen LogP contribution is -2.80. The van der Waals surface area contributed by atoms with Crippen LogP contribution in [0.25, 0.3) is 0 Å². The van der Waals surface area contributed by atoms with Crippen LogP contribution >= 0.6 is 0 Å². The van der Waals surface area contributed by atoms with Crippen molar-refractivity contribution in [3.63, 3.8) is 0 Å². The Bertz CT molecular complexity index is 114. The summed E-state index contributed by atoms with van der Waals surface area (Å²) in [5, 5.41) is 12.1. The molecule has 0 amide bonds. The summed E-state index contributed by atoms with van der Waals surface area (Å²) in [5.74, 6) is -0.932. The van der Waals surface area contributed by atoms with Gasteiger partial charge in [-0.3, -0.25) is 0 Å². The van der Waals surface area contributed by atoms with E-state index in [1.165, 1.54) is 25.9 Å². The molecule has 0 radical (unpaired) electrons. The van der Waals surface area contributed by atoms with E-state index in [-0.39, 0.29) is 6.42 Å². The van der Waals surface area contributed by atoms with Crippen LogP contribution in [0.5, 0.6) is 0 Å². The molecule has 3 heteroatoms. The fourth-order valence-corrected chi connectivity index (χ4v) is 1.24. The van der Waals surface area contributed by atoms with Crippen molar-refractivity contribution >= 4 is 5.97 Å². The molecule has 0 aromatic rings. The largest absolute Gasteiger partial charge is 0.550 e. The molecule has 0 aliphatic carbocycles. The van der Waals surface area contributed by atoms with Crippen LogP contribution in [0, 0.1) is 0 Å². The first-order valence-corrected chi connectivity index (χ1v) is 5.29. The van der Waals surface area contributed by atoms with Crippen molar-refractivity contribution < 1.29 is 15.2 Å². The number of rotatable bonds is 4. The van der Waals surface area contributed by atoms with Crippen molar-refractivity contribution in [1.82, 2.24) is 0 Å². The topological polar surface area (TPSA) is 56.7 Å². The zero-order valence-electron chi connectivity index (χ0n) is 8.55. The Hall–Kier alpha value is -0.570. The summed E-state index contributed by atoms with van der Waals surface area (Å²) in [4.78, 5) is 9.76. The number of carbonyl (C=O) groups is 1. The van der Waals surface area contributed by atoms with Crippen molar-refractivity contribution in [1.29, 1.82) is 0 Å². The molecule has 1 fully saturated rings. The summed E-state index contributed by atoms with van der Waals surface area (Å²) >= 11 is 0. The highest BCUT2D eigenvalue weighted by Crippen LogP contribution is 1.96. The van der Waals surface area contributed by atoms with Gasteiger partial charge in [0.15, 0.2) is 0 Å². The Balaban J connectivity index is 0.000000243. The fourth-order valence-electron chi connectivity index (χ4n) is 1.24. The molecular weight excluding hydrogens is 166 g/mol. The monoisotopic (exact) mass is 187 g/mol.